The second-order valence-corrected chi connectivity index (χ2v) is 8.55. The van der Waals surface area contributed by atoms with Gasteiger partial charge in [-0.2, -0.15) is 0 Å². The molecule has 0 unspecified atom stereocenters. The molecule has 30 heavy (non-hydrogen) atoms. The van der Waals surface area contributed by atoms with Gasteiger partial charge in [-0.25, -0.2) is 4.98 Å². The number of carbonyl (C=O) groups is 2. The highest BCUT2D eigenvalue weighted by Crippen LogP contribution is 2.30. The third-order valence-corrected chi connectivity index (χ3v) is 6.36. The average Bonchev–Trinajstić information content (AvgIpc) is 3.19. The molecule has 1 amide bonds. The maximum atomic E-state index is 12.3. The topological polar surface area (TPSA) is 77.5 Å². The summed E-state index contributed by atoms with van der Waals surface area (Å²) in [5.41, 5.74) is 3.06. The van der Waals surface area contributed by atoms with E-state index in [1.54, 1.807) is 50.2 Å². The zero-order valence-electron chi connectivity index (χ0n) is 16.9. The minimum atomic E-state index is -0.148. The largest absolute Gasteiger partial charge is 0.497 e. The number of anilines is 1. The number of hydrogen-bond acceptors (Lipinski definition) is 7. The molecular formula is C22H22N2O4S2. The van der Waals surface area contributed by atoms with Gasteiger partial charge in [-0.15, -0.1) is 11.3 Å². The van der Waals surface area contributed by atoms with Crippen LogP contribution in [0.2, 0.25) is 0 Å². The van der Waals surface area contributed by atoms with Crippen LogP contribution in [-0.2, 0) is 17.0 Å². The first-order chi connectivity index (χ1) is 14.5. The number of aromatic nitrogens is 1. The highest BCUT2D eigenvalue weighted by Gasteiger charge is 2.10. The number of rotatable bonds is 9. The molecule has 156 valence electrons. The summed E-state index contributed by atoms with van der Waals surface area (Å²) >= 11 is 3.11. The fourth-order valence-corrected chi connectivity index (χ4v) is 4.46. The number of Topliss-reactive ketones (excluding diaryl/α,β-unsaturated/α-hetero) is 1. The molecule has 0 bridgehead atoms. The van der Waals surface area contributed by atoms with Crippen molar-refractivity contribution in [1.82, 2.24) is 4.98 Å². The number of methoxy groups -OCH3 is 2. The van der Waals surface area contributed by atoms with Gasteiger partial charge in [0.1, 0.15) is 15.8 Å². The van der Waals surface area contributed by atoms with Crippen molar-refractivity contribution in [2.75, 3.05) is 19.5 Å². The van der Waals surface area contributed by atoms with Crippen LogP contribution in [0.5, 0.6) is 11.5 Å². The Bertz CT molecular complexity index is 1010. The standard InChI is InChI=1S/C22H22N2O4S2/c1-14(25)16-4-6-17(7-5-16)23-21(26)10-18-13-30-22(24-18)29-12-15-8-19(27-2)11-20(9-15)28-3/h4-9,11,13H,10,12H2,1-3H3,(H,23,26). The first kappa shape index (κ1) is 21.9. The van der Waals surface area contributed by atoms with Gasteiger partial charge in [0.15, 0.2) is 5.78 Å². The number of nitrogens with one attached hydrogen (secondary N) is 1. The molecule has 0 saturated heterocycles. The summed E-state index contributed by atoms with van der Waals surface area (Å²) in [5.74, 6) is 2.06. The zero-order chi connectivity index (χ0) is 21.5. The first-order valence-electron chi connectivity index (χ1n) is 9.17. The lowest BCUT2D eigenvalue weighted by Gasteiger charge is -2.07. The van der Waals surface area contributed by atoms with E-state index in [2.05, 4.69) is 10.3 Å². The molecule has 0 spiro atoms. The van der Waals surface area contributed by atoms with Crippen molar-refractivity contribution in [3.8, 4) is 11.5 Å². The Kier molecular flexibility index (Phi) is 7.48. The summed E-state index contributed by atoms with van der Waals surface area (Å²) in [5, 5.41) is 4.72. The quantitative estimate of drug-likeness (QED) is 0.378. The summed E-state index contributed by atoms with van der Waals surface area (Å²) in [6.45, 7) is 1.51. The van der Waals surface area contributed by atoms with E-state index in [9.17, 15) is 9.59 Å². The van der Waals surface area contributed by atoms with Crippen molar-refractivity contribution >= 4 is 40.5 Å². The molecule has 3 aromatic rings. The lowest BCUT2D eigenvalue weighted by molar-refractivity contribution is -0.115. The summed E-state index contributed by atoms with van der Waals surface area (Å²) in [6.07, 6.45) is 0.193. The van der Waals surface area contributed by atoms with Crippen LogP contribution < -0.4 is 14.8 Å². The summed E-state index contributed by atoms with van der Waals surface area (Å²) in [6, 6.07) is 12.6. The van der Waals surface area contributed by atoms with Crippen LogP contribution >= 0.6 is 23.1 Å². The molecule has 0 radical (unpaired) electrons. The van der Waals surface area contributed by atoms with Crippen molar-refractivity contribution in [2.45, 2.75) is 23.4 Å². The van der Waals surface area contributed by atoms with Gasteiger partial charge in [-0.3, -0.25) is 9.59 Å². The molecule has 3 rings (SSSR count). The van der Waals surface area contributed by atoms with E-state index in [0.717, 1.165) is 32.8 Å². The van der Waals surface area contributed by atoms with E-state index >= 15 is 0 Å². The van der Waals surface area contributed by atoms with Crippen molar-refractivity contribution in [1.29, 1.82) is 0 Å². The van der Waals surface area contributed by atoms with Gasteiger partial charge in [0.05, 0.1) is 26.3 Å². The molecule has 0 fully saturated rings. The average molecular weight is 443 g/mol. The van der Waals surface area contributed by atoms with Crippen molar-refractivity contribution < 1.29 is 19.1 Å². The van der Waals surface area contributed by atoms with E-state index in [0.29, 0.717) is 11.3 Å². The third kappa shape index (κ3) is 6.08. The number of ketones is 1. The normalized spacial score (nSPS) is 10.5. The Morgan fingerprint density at radius 1 is 1.07 bits per heavy atom. The number of nitrogens with zero attached hydrogens (tertiary/aromatic N) is 1. The molecule has 6 nitrogen and oxygen atoms in total. The zero-order valence-corrected chi connectivity index (χ0v) is 18.6. The fraction of sp³-hybridized carbons (Fsp3) is 0.227. The highest BCUT2D eigenvalue weighted by molar-refractivity contribution is 8.00. The van der Waals surface area contributed by atoms with E-state index < -0.39 is 0 Å². The fourth-order valence-electron chi connectivity index (χ4n) is 2.69. The monoisotopic (exact) mass is 442 g/mol. The van der Waals surface area contributed by atoms with Crippen LogP contribution in [0.3, 0.4) is 0 Å². The molecular weight excluding hydrogens is 420 g/mol. The summed E-state index contributed by atoms with van der Waals surface area (Å²) < 4.78 is 11.5. The molecule has 0 saturated carbocycles. The van der Waals surface area contributed by atoms with Crippen molar-refractivity contribution in [3.63, 3.8) is 0 Å². The predicted molar refractivity (Wildman–Crippen MR) is 120 cm³/mol. The molecule has 1 heterocycles. The van der Waals surface area contributed by atoms with E-state index in [4.69, 9.17) is 9.47 Å². The minimum Gasteiger partial charge on any atom is -0.497 e. The lowest BCUT2D eigenvalue weighted by Crippen LogP contribution is -2.14. The van der Waals surface area contributed by atoms with Crippen molar-refractivity contribution in [2.24, 2.45) is 0 Å². The van der Waals surface area contributed by atoms with Crippen LogP contribution in [0.25, 0.3) is 0 Å². The Morgan fingerprint density at radius 3 is 2.33 bits per heavy atom. The number of thiazole rings is 1. The van der Waals surface area contributed by atoms with Gasteiger partial charge in [0.2, 0.25) is 5.91 Å². The number of ether oxygens (including phenoxy) is 2. The Labute approximate surface area is 183 Å². The first-order valence-corrected chi connectivity index (χ1v) is 11.0. The highest BCUT2D eigenvalue weighted by atomic mass is 32.2. The van der Waals surface area contributed by atoms with Gasteiger partial charge in [-0.05, 0) is 48.9 Å². The van der Waals surface area contributed by atoms with E-state index in [1.165, 1.54) is 18.3 Å². The van der Waals surface area contributed by atoms with Crippen LogP contribution in [0.15, 0.2) is 52.2 Å². The van der Waals surface area contributed by atoms with Gasteiger partial charge < -0.3 is 14.8 Å². The number of thioether (sulfide) groups is 1. The molecule has 0 aliphatic heterocycles. The van der Waals surface area contributed by atoms with Crippen LogP contribution in [0.4, 0.5) is 5.69 Å². The summed E-state index contributed by atoms with van der Waals surface area (Å²) in [7, 11) is 3.25. The van der Waals surface area contributed by atoms with Gasteiger partial charge in [0, 0.05) is 28.5 Å². The molecule has 1 aromatic heterocycles. The lowest BCUT2D eigenvalue weighted by atomic mass is 10.1. The number of amides is 1. The molecule has 8 heteroatoms. The smallest absolute Gasteiger partial charge is 0.230 e. The number of hydrogen-bond donors (Lipinski definition) is 1. The number of carbonyl (C=O) groups excluding carboxylic acids is 2. The van der Waals surface area contributed by atoms with Gasteiger partial charge in [0.25, 0.3) is 0 Å². The summed E-state index contributed by atoms with van der Waals surface area (Å²) in [4.78, 5) is 28.1. The maximum Gasteiger partial charge on any atom is 0.230 e. The Morgan fingerprint density at radius 2 is 1.73 bits per heavy atom. The molecule has 0 atom stereocenters. The third-order valence-electron chi connectivity index (χ3n) is 4.22. The van der Waals surface area contributed by atoms with Gasteiger partial charge >= 0.3 is 0 Å². The molecule has 0 aliphatic carbocycles. The number of benzene rings is 2. The van der Waals surface area contributed by atoms with Crippen LogP contribution in [0.1, 0.15) is 28.5 Å². The van der Waals surface area contributed by atoms with Crippen LogP contribution in [-0.4, -0.2) is 30.9 Å². The maximum absolute atomic E-state index is 12.3. The molecule has 0 aliphatic rings. The SMILES string of the molecule is COc1cc(CSc2nc(CC(=O)Nc3ccc(C(C)=O)cc3)cs2)cc(OC)c1. The molecule has 1 N–H and O–H groups in total. The van der Waals surface area contributed by atoms with Crippen molar-refractivity contribution in [3.05, 3.63) is 64.7 Å². The second kappa shape index (κ2) is 10.3. The molecule has 2 aromatic carbocycles. The van der Waals surface area contributed by atoms with Gasteiger partial charge in [-0.1, -0.05) is 11.8 Å². The predicted octanol–water partition coefficient (Wildman–Crippen LogP) is 4.84. The van der Waals surface area contributed by atoms with E-state index in [1.807, 2.05) is 23.6 Å². The second-order valence-electron chi connectivity index (χ2n) is 6.47. The Balaban J connectivity index is 1.54. The van der Waals surface area contributed by atoms with Crippen LogP contribution in [0, 0.1) is 0 Å². The Hall–Kier alpha value is -2.84. The minimum absolute atomic E-state index is 0.00669. The van der Waals surface area contributed by atoms with E-state index in [-0.39, 0.29) is 18.1 Å².